The van der Waals surface area contributed by atoms with Gasteiger partial charge in [-0.1, -0.05) is 12.5 Å². The average molecular weight is 231 g/mol. The van der Waals surface area contributed by atoms with E-state index in [1.165, 1.54) is 43.7 Å². The van der Waals surface area contributed by atoms with E-state index in [0.29, 0.717) is 0 Å². The van der Waals surface area contributed by atoms with E-state index in [4.69, 9.17) is 0 Å². The maximum atomic E-state index is 4.59. The first-order valence-corrected chi connectivity index (χ1v) is 6.72. The van der Waals surface area contributed by atoms with Gasteiger partial charge in [0.2, 0.25) is 0 Å². The van der Waals surface area contributed by atoms with Crippen LogP contribution in [0.4, 0.5) is 5.82 Å². The van der Waals surface area contributed by atoms with E-state index in [-0.39, 0.29) is 0 Å². The summed E-state index contributed by atoms with van der Waals surface area (Å²) in [6, 6.07) is 4.22. The molecule has 0 spiro atoms. The third-order valence-electron chi connectivity index (χ3n) is 4.26. The second-order valence-electron chi connectivity index (χ2n) is 5.37. The van der Waals surface area contributed by atoms with Crippen LogP contribution >= 0.6 is 0 Å². The summed E-state index contributed by atoms with van der Waals surface area (Å²) in [7, 11) is 2.00. The molecule has 1 saturated carbocycles. The van der Waals surface area contributed by atoms with E-state index in [1.54, 1.807) is 0 Å². The van der Waals surface area contributed by atoms with Crippen molar-refractivity contribution in [3.8, 4) is 0 Å². The number of nitrogens with one attached hydrogen (secondary N) is 1. The number of hydrogen-bond donors (Lipinski definition) is 1. The Morgan fingerprint density at radius 2 is 2.12 bits per heavy atom. The number of fused-ring (bicyclic) bond motifs is 1. The lowest BCUT2D eigenvalue weighted by Gasteiger charge is -2.21. The smallest absolute Gasteiger partial charge is 0.133 e. The molecule has 2 unspecified atom stereocenters. The summed E-state index contributed by atoms with van der Waals surface area (Å²) in [5.74, 6) is 3.06. The van der Waals surface area contributed by atoms with Gasteiger partial charge in [0.15, 0.2) is 0 Å². The Kier molecular flexibility index (Phi) is 3.02. The molecule has 0 radical (unpaired) electrons. The first-order valence-electron chi connectivity index (χ1n) is 6.72. The van der Waals surface area contributed by atoms with Crippen molar-refractivity contribution in [2.24, 2.45) is 11.8 Å². The van der Waals surface area contributed by atoms with Crippen molar-refractivity contribution >= 4 is 5.82 Å². The lowest BCUT2D eigenvalue weighted by Crippen LogP contribution is -2.24. The summed E-state index contributed by atoms with van der Waals surface area (Å²) >= 11 is 0. The van der Waals surface area contributed by atoms with Crippen LogP contribution in [0, 0.1) is 11.8 Å². The van der Waals surface area contributed by atoms with Gasteiger partial charge >= 0.3 is 0 Å². The van der Waals surface area contributed by atoms with Crippen molar-refractivity contribution in [3.05, 3.63) is 23.9 Å². The van der Waals surface area contributed by atoms with E-state index in [9.17, 15) is 0 Å². The fourth-order valence-electron chi connectivity index (χ4n) is 3.45. The quantitative estimate of drug-likeness (QED) is 0.863. The van der Waals surface area contributed by atoms with E-state index in [2.05, 4.69) is 21.3 Å². The summed E-state index contributed by atoms with van der Waals surface area (Å²) in [4.78, 5) is 7.09. The van der Waals surface area contributed by atoms with Gasteiger partial charge in [0, 0.05) is 31.4 Å². The van der Waals surface area contributed by atoms with Crippen LogP contribution in [0.2, 0.25) is 0 Å². The summed E-state index contributed by atoms with van der Waals surface area (Å²) in [6.45, 7) is 3.35. The van der Waals surface area contributed by atoms with Gasteiger partial charge in [0.25, 0.3) is 0 Å². The molecule has 0 amide bonds. The van der Waals surface area contributed by atoms with Crippen LogP contribution in [-0.4, -0.2) is 25.1 Å². The number of nitrogens with zero attached hydrogens (tertiary/aromatic N) is 2. The van der Waals surface area contributed by atoms with Gasteiger partial charge in [-0.3, -0.25) is 0 Å². The number of aromatic nitrogens is 1. The van der Waals surface area contributed by atoms with Crippen LogP contribution in [0.1, 0.15) is 24.8 Å². The van der Waals surface area contributed by atoms with Crippen molar-refractivity contribution in [1.82, 2.24) is 10.3 Å². The highest BCUT2D eigenvalue weighted by molar-refractivity contribution is 5.48. The molecule has 2 fully saturated rings. The first kappa shape index (κ1) is 11.0. The molecular weight excluding hydrogens is 210 g/mol. The maximum absolute atomic E-state index is 4.59. The zero-order chi connectivity index (χ0) is 11.7. The Morgan fingerprint density at radius 3 is 2.82 bits per heavy atom. The molecule has 3 nitrogen and oxygen atoms in total. The van der Waals surface area contributed by atoms with Gasteiger partial charge in [-0.05, 0) is 37.8 Å². The molecular formula is C14H21N3. The van der Waals surface area contributed by atoms with Gasteiger partial charge in [-0.25, -0.2) is 4.98 Å². The summed E-state index contributed by atoms with van der Waals surface area (Å²) in [6.07, 6.45) is 6.21. The molecule has 1 N–H and O–H groups in total. The second kappa shape index (κ2) is 4.65. The highest BCUT2D eigenvalue weighted by Gasteiger charge is 2.36. The molecule has 2 aliphatic rings. The molecule has 3 heteroatoms. The highest BCUT2D eigenvalue weighted by Crippen LogP contribution is 2.39. The zero-order valence-electron chi connectivity index (χ0n) is 10.5. The molecule has 1 aromatic heterocycles. The monoisotopic (exact) mass is 231 g/mol. The van der Waals surface area contributed by atoms with Crippen LogP contribution in [0.15, 0.2) is 18.3 Å². The SMILES string of the molecule is CNCc1cccnc1N1CC2CCCC2C1. The predicted molar refractivity (Wildman–Crippen MR) is 70.0 cm³/mol. The van der Waals surface area contributed by atoms with Crippen LogP contribution in [0.3, 0.4) is 0 Å². The number of anilines is 1. The molecule has 1 saturated heterocycles. The Labute approximate surface area is 103 Å². The van der Waals surface area contributed by atoms with Crippen LogP contribution in [0.25, 0.3) is 0 Å². The van der Waals surface area contributed by atoms with E-state index in [0.717, 1.165) is 18.4 Å². The number of pyridine rings is 1. The minimum Gasteiger partial charge on any atom is -0.356 e. The lowest BCUT2D eigenvalue weighted by molar-refractivity contribution is 0.494. The zero-order valence-corrected chi connectivity index (χ0v) is 10.5. The van der Waals surface area contributed by atoms with Crippen LogP contribution in [-0.2, 0) is 6.54 Å². The normalized spacial score (nSPS) is 27.5. The largest absolute Gasteiger partial charge is 0.356 e. The fraction of sp³-hybridized carbons (Fsp3) is 0.643. The molecule has 0 bridgehead atoms. The van der Waals surface area contributed by atoms with Crippen LogP contribution < -0.4 is 10.2 Å². The van der Waals surface area contributed by atoms with Crippen molar-refractivity contribution in [1.29, 1.82) is 0 Å². The average Bonchev–Trinajstić information content (AvgIpc) is 2.90. The van der Waals surface area contributed by atoms with Gasteiger partial charge in [0.05, 0.1) is 0 Å². The summed E-state index contributed by atoms with van der Waals surface area (Å²) in [5.41, 5.74) is 1.33. The minimum absolute atomic E-state index is 0.912. The Balaban J connectivity index is 1.80. The predicted octanol–water partition coefficient (Wildman–Crippen LogP) is 2.04. The maximum Gasteiger partial charge on any atom is 0.133 e. The second-order valence-corrected chi connectivity index (χ2v) is 5.37. The Hall–Kier alpha value is -1.09. The molecule has 2 atom stereocenters. The standard InChI is InChI=1S/C14H21N3/c1-15-8-11-6-3-7-16-14(11)17-9-12-4-2-5-13(12)10-17/h3,6-7,12-13,15H,2,4-5,8-10H2,1H3. The van der Waals surface area contributed by atoms with E-state index < -0.39 is 0 Å². The molecule has 3 rings (SSSR count). The topological polar surface area (TPSA) is 28.2 Å². The molecule has 1 aliphatic carbocycles. The van der Waals surface area contributed by atoms with Crippen molar-refractivity contribution in [2.45, 2.75) is 25.8 Å². The Bertz CT molecular complexity index is 379. The third kappa shape index (κ3) is 2.04. The van der Waals surface area contributed by atoms with Crippen molar-refractivity contribution in [3.63, 3.8) is 0 Å². The molecule has 1 aliphatic heterocycles. The minimum atomic E-state index is 0.912. The third-order valence-corrected chi connectivity index (χ3v) is 4.26. The van der Waals surface area contributed by atoms with Crippen molar-refractivity contribution in [2.75, 3.05) is 25.0 Å². The number of hydrogen-bond acceptors (Lipinski definition) is 3. The van der Waals surface area contributed by atoms with E-state index in [1.807, 2.05) is 19.3 Å². The fourth-order valence-corrected chi connectivity index (χ4v) is 3.45. The van der Waals surface area contributed by atoms with Gasteiger partial charge in [-0.2, -0.15) is 0 Å². The van der Waals surface area contributed by atoms with Crippen LogP contribution in [0.5, 0.6) is 0 Å². The molecule has 17 heavy (non-hydrogen) atoms. The van der Waals surface area contributed by atoms with Gasteiger partial charge in [-0.15, -0.1) is 0 Å². The summed E-state index contributed by atoms with van der Waals surface area (Å²) < 4.78 is 0. The lowest BCUT2D eigenvalue weighted by atomic mass is 10.0. The molecule has 2 heterocycles. The van der Waals surface area contributed by atoms with Gasteiger partial charge < -0.3 is 10.2 Å². The van der Waals surface area contributed by atoms with E-state index >= 15 is 0 Å². The van der Waals surface area contributed by atoms with Gasteiger partial charge in [0.1, 0.15) is 5.82 Å². The highest BCUT2D eigenvalue weighted by atomic mass is 15.2. The molecule has 92 valence electrons. The molecule has 0 aromatic carbocycles. The number of rotatable bonds is 3. The Morgan fingerprint density at radius 1 is 1.35 bits per heavy atom. The molecule has 1 aromatic rings. The summed E-state index contributed by atoms with van der Waals surface area (Å²) in [5, 5.41) is 3.23. The van der Waals surface area contributed by atoms with Crippen molar-refractivity contribution < 1.29 is 0 Å². The first-order chi connectivity index (χ1) is 8.38.